The molecule has 2 fully saturated rings. The van der Waals surface area contributed by atoms with Crippen LogP contribution < -0.4 is 21.3 Å². The molecule has 0 unspecified atom stereocenters. The molecule has 11 nitrogen and oxygen atoms in total. The van der Waals surface area contributed by atoms with Crippen molar-refractivity contribution in [2.24, 2.45) is 5.92 Å². The number of nitrogens with zero attached hydrogens (tertiary/aromatic N) is 1. The van der Waals surface area contributed by atoms with Gasteiger partial charge in [-0.25, -0.2) is 4.79 Å². The second-order valence-electron chi connectivity index (χ2n) is 10.4. The second-order valence-corrected chi connectivity index (χ2v) is 10.4. The largest absolute Gasteiger partial charge is 0.444 e. The molecule has 2 saturated heterocycles. The summed E-state index contributed by atoms with van der Waals surface area (Å²) in [6.45, 7) is 11.0. The summed E-state index contributed by atoms with van der Waals surface area (Å²) < 4.78 is 5.39. The first-order valence-corrected chi connectivity index (χ1v) is 11.3. The van der Waals surface area contributed by atoms with Gasteiger partial charge in [-0.05, 0) is 40.0 Å². The molecule has 0 aromatic carbocycles. The molecule has 11 heteroatoms. The van der Waals surface area contributed by atoms with Crippen LogP contribution in [0.1, 0.15) is 54.4 Å². The summed E-state index contributed by atoms with van der Waals surface area (Å²) in [6, 6.07) is -1.89. The fourth-order valence-corrected chi connectivity index (χ4v) is 3.79. The van der Waals surface area contributed by atoms with Crippen molar-refractivity contribution < 1.29 is 28.7 Å². The van der Waals surface area contributed by atoms with E-state index in [2.05, 4.69) is 21.3 Å². The van der Waals surface area contributed by atoms with Gasteiger partial charge in [0.2, 0.25) is 17.7 Å². The van der Waals surface area contributed by atoms with E-state index in [-0.39, 0.29) is 50.2 Å². The first-order chi connectivity index (χ1) is 15.2. The van der Waals surface area contributed by atoms with E-state index in [0.717, 1.165) is 0 Å². The summed E-state index contributed by atoms with van der Waals surface area (Å²) in [4.78, 5) is 63.7. The first kappa shape index (κ1) is 26.6. The lowest BCUT2D eigenvalue weighted by atomic mass is 9.89. The average Bonchev–Trinajstić information content (AvgIpc) is 2.62. The van der Waals surface area contributed by atoms with Gasteiger partial charge in [-0.3, -0.25) is 24.5 Å². The number of rotatable bonds is 4. The molecule has 2 atom stereocenters. The number of amides is 4. The zero-order valence-electron chi connectivity index (χ0n) is 20.4. The molecule has 0 aliphatic carbocycles. The smallest absolute Gasteiger partial charge is 0.410 e. The van der Waals surface area contributed by atoms with Crippen LogP contribution >= 0.6 is 0 Å². The SMILES string of the molecule is CC(=O)C[C@@H]1NC(=O)CNC2(CNC(=O)[C@H](CC(C)C)NC1=O)CN(C(=O)OC(C)(C)C)C2. The van der Waals surface area contributed by atoms with Gasteiger partial charge in [0.15, 0.2) is 0 Å². The lowest BCUT2D eigenvalue weighted by Gasteiger charge is -2.50. The maximum atomic E-state index is 12.9. The van der Waals surface area contributed by atoms with Crippen LogP contribution in [0.25, 0.3) is 0 Å². The van der Waals surface area contributed by atoms with Crippen LogP contribution in [-0.4, -0.2) is 83.9 Å². The predicted molar refractivity (Wildman–Crippen MR) is 120 cm³/mol. The molecule has 0 bridgehead atoms. The van der Waals surface area contributed by atoms with E-state index in [0.29, 0.717) is 6.42 Å². The molecule has 2 aliphatic heterocycles. The van der Waals surface area contributed by atoms with Crippen molar-refractivity contribution in [3.8, 4) is 0 Å². The molecular weight excluding hydrogens is 430 g/mol. The molecule has 0 aromatic heterocycles. The van der Waals surface area contributed by atoms with Gasteiger partial charge in [-0.2, -0.15) is 0 Å². The molecule has 4 amide bonds. The Hall–Kier alpha value is -2.69. The Bertz CT molecular complexity index is 785. The number of nitrogens with one attached hydrogen (secondary N) is 4. The zero-order chi connectivity index (χ0) is 25.0. The highest BCUT2D eigenvalue weighted by Gasteiger charge is 2.47. The van der Waals surface area contributed by atoms with Crippen molar-refractivity contribution >= 4 is 29.6 Å². The Labute approximate surface area is 194 Å². The van der Waals surface area contributed by atoms with Crippen molar-refractivity contribution in [3.63, 3.8) is 0 Å². The summed E-state index contributed by atoms with van der Waals surface area (Å²) in [5.41, 5.74) is -1.35. The highest BCUT2D eigenvalue weighted by molar-refractivity contribution is 5.95. The summed E-state index contributed by atoms with van der Waals surface area (Å²) in [5.74, 6) is -1.53. The van der Waals surface area contributed by atoms with Gasteiger partial charge in [0.1, 0.15) is 23.5 Å². The first-order valence-electron chi connectivity index (χ1n) is 11.3. The third-order valence-electron chi connectivity index (χ3n) is 5.35. The highest BCUT2D eigenvalue weighted by atomic mass is 16.6. The normalized spacial score (nSPS) is 24.1. The van der Waals surface area contributed by atoms with E-state index in [1.54, 1.807) is 20.8 Å². The standard InChI is InChI=1S/C22H37N5O6/c1-13(2)7-15-18(30)23-10-22(11-27(12-22)20(32)33-21(4,5)6)24-9-17(29)25-16(8-14(3)28)19(31)26-15/h13,15-16,24H,7-12H2,1-6H3,(H,23,30)(H,25,29)(H,26,31)/t15-,16-/m0/s1. The summed E-state index contributed by atoms with van der Waals surface area (Å²) >= 11 is 0. The van der Waals surface area contributed by atoms with E-state index in [1.807, 2.05) is 13.8 Å². The molecule has 186 valence electrons. The Kier molecular flexibility index (Phi) is 8.45. The van der Waals surface area contributed by atoms with Gasteiger partial charge in [-0.15, -0.1) is 0 Å². The molecular formula is C22H37N5O6. The van der Waals surface area contributed by atoms with Crippen molar-refractivity contribution in [2.75, 3.05) is 26.2 Å². The summed E-state index contributed by atoms with van der Waals surface area (Å²) in [6.07, 6.45) is -0.253. The third-order valence-corrected chi connectivity index (χ3v) is 5.35. The van der Waals surface area contributed by atoms with Gasteiger partial charge < -0.3 is 25.6 Å². The number of ether oxygens (including phenoxy) is 1. The highest BCUT2D eigenvalue weighted by Crippen LogP contribution is 2.23. The monoisotopic (exact) mass is 467 g/mol. The van der Waals surface area contributed by atoms with E-state index in [4.69, 9.17) is 4.74 Å². The Morgan fingerprint density at radius 3 is 2.27 bits per heavy atom. The van der Waals surface area contributed by atoms with Crippen LogP contribution in [0.2, 0.25) is 0 Å². The van der Waals surface area contributed by atoms with Crippen LogP contribution in [0.3, 0.4) is 0 Å². The van der Waals surface area contributed by atoms with Gasteiger partial charge in [0, 0.05) is 26.1 Å². The summed E-state index contributed by atoms with van der Waals surface area (Å²) in [7, 11) is 0. The topological polar surface area (TPSA) is 146 Å². The number of hydrogen-bond acceptors (Lipinski definition) is 7. The van der Waals surface area contributed by atoms with Crippen molar-refractivity contribution in [3.05, 3.63) is 0 Å². The molecule has 2 aliphatic rings. The van der Waals surface area contributed by atoms with Crippen LogP contribution in [-0.2, 0) is 23.9 Å². The quantitative estimate of drug-likeness (QED) is 0.444. The minimum Gasteiger partial charge on any atom is -0.444 e. The van der Waals surface area contributed by atoms with Crippen LogP contribution in [0.15, 0.2) is 0 Å². The van der Waals surface area contributed by atoms with Crippen molar-refractivity contribution in [1.82, 2.24) is 26.2 Å². The van der Waals surface area contributed by atoms with Gasteiger partial charge >= 0.3 is 6.09 Å². The average molecular weight is 468 g/mol. The Balaban J connectivity index is 2.19. The maximum Gasteiger partial charge on any atom is 0.410 e. The zero-order valence-corrected chi connectivity index (χ0v) is 20.4. The van der Waals surface area contributed by atoms with Crippen LogP contribution in [0.4, 0.5) is 4.79 Å². The maximum absolute atomic E-state index is 12.9. The van der Waals surface area contributed by atoms with Gasteiger partial charge in [-0.1, -0.05) is 13.8 Å². The van der Waals surface area contributed by atoms with E-state index in [1.165, 1.54) is 11.8 Å². The number of carbonyl (C=O) groups is 5. The van der Waals surface area contributed by atoms with Gasteiger partial charge in [0.25, 0.3) is 0 Å². The minimum absolute atomic E-state index is 0.119. The molecule has 2 rings (SSSR count). The molecule has 4 N–H and O–H groups in total. The molecule has 33 heavy (non-hydrogen) atoms. The fraction of sp³-hybridized carbons (Fsp3) is 0.773. The predicted octanol–water partition coefficient (Wildman–Crippen LogP) is -0.310. The van der Waals surface area contributed by atoms with Crippen LogP contribution in [0, 0.1) is 5.92 Å². The lowest BCUT2D eigenvalue weighted by Crippen LogP contribution is -2.75. The number of carbonyl (C=O) groups excluding carboxylic acids is 5. The third kappa shape index (κ3) is 7.99. The minimum atomic E-state index is -1.07. The number of hydrogen-bond donors (Lipinski definition) is 4. The number of Topliss-reactive ketones (excluding diaryl/α,β-unsaturated/α-hetero) is 1. The molecule has 1 spiro atoms. The fourth-order valence-electron chi connectivity index (χ4n) is 3.79. The van der Waals surface area contributed by atoms with Gasteiger partial charge in [0.05, 0.1) is 12.1 Å². The Morgan fingerprint density at radius 2 is 1.73 bits per heavy atom. The van der Waals surface area contributed by atoms with E-state index >= 15 is 0 Å². The van der Waals surface area contributed by atoms with Crippen molar-refractivity contribution in [1.29, 1.82) is 0 Å². The van der Waals surface area contributed by atoms with Crippen molar-refractivity contribution in [2.45, 2.75) is 77.6 Å². The second kappa shape index (κ2) is 10.5. The lowest BCUT2D eigenvalue weighted by molar-refractivity contribution is -0.134. The summed E-state index contributed by atoms with van der Waals surface area (Å²) in [5, 5.41) is 11.2. The van der Waals surface area contributed by atoms with Crippen LogP contribution in [0.5, 0.6) is 0 Å². The van der Waals surface area contributed by atoms with E-state index < -0.39 is 41.1 Å². The van der Waals surface area contributed by atoms with E-state index in [9.17, 15) is 24.0 Å². The molecule has 0 aromatic rings. The molecule has 2 heterocycles. The number of likely N-dealkylation sites (tertiary alicyclic amines) is 1. The number of ketones is 1. The Morgan fingerprint density at radius 1 is 1.09 bits per heavy atom. The molecule has 0 saturated carbocycles. The molecule has 0 radical (unpaired) electrons.